The van der Waals surface area contributed by atoms with Crippen molar-refractivity contribution < 1.29 is 18.5 Å². The summed E-state index contributed by atoms with van der Waals surface area (Å²) in [5.74, 6) is 0.0870. The highest BCUT2D eigenvalue weighted by Gasteiger charge is 2.27. The molecule has 0 radical (unpaired) electrons. The quantitative estimate of drug-likeness (QED) is 0.298. The van der Waals surface area contributed by atoms with Crippen molar-refractivity contribution in [1.29, 1.82) is 5.41 Å². The molecule has 6 N–H and O–H groups in total. The summed E-state index contributed by atoms with van der Waals surface area (Å²) in [4.78, 5) is 12.7. The van der Waals surface area contributed by atoms with Crippen molar-refractivity contribution in [3.63, 3.8) is 0 Å². The summed E-state index contributed by atoms with van der Waals surface area (Å²) >= 11 is 0. The topological polar surface area (TPSA) is 151 Å². The third-order valence-corrected chi connectivity index (χ3v) is 7.57. The van der Waals surface area contributed by atoms with E-state index in [4.69, 9.17) is 20.0 Å². The van der Waals surface area contributed by atoms with Crippen molar-refractivity contribution in [2.45, 2.75) is 44.6 Å². The van der Waals surface area contributed by atoms with Gasteiger partial charge < -0.3 is 30.8 Å². The minimum Gasteiger partial charge on any atom is -0.475 e. The fourth-order valence-corrected chi connectivity index (χ4v) is 5.59. The number of hydrogen-bond acceptors (Lipinski definition) is 7. The van der Waals surface area contributed by atoms with E-state index in [9.17, 15) is 9.00 Å². The van der Waals surface area contributed by atoms with E-state index in [1.807, 2.05) is 7.05 Å². The third kappa shape index (κ3) is 5.21. The van der Waals surface area contributed by atoms with Crippen molar-refractivity contribution in [1.82, 2.24) is 10.6 Å². The Hall–Kier alpha value is -2.47. The molecular weight excluding hydrogens is 444 g/mol. The molecule has 1 fully saturated rings. The largest absolute Gasteiger partial charge is 0.475 e. The molecule has 4 rings (SSSR count). The van der Waals surface area contributed by atoms with Gasteiger partial charge in [-0.05, 0) is 67.8 Å². The van der Waals surface area contributed by atoms with E-state index < -0.39 is 15.9 Å². The Balaban J connectivity index is 1.52. The van der Waals surface area contributed by atoms with Crippen molar-refractivity contribution >= 4 is 27.8 Å². The van der Waals surface area contributed by atoms with E-state index in [0.29, 0.717) is 19.7 Å². The van der Waals surface area contributed by atoms with Crippen LogP contribution >= 0.6 is 0 Å². The highest BCUT2D eigenvalue weighted by molar-refractivity contribution is 7.96. The van der Waals surface area contributed by atoms with Gasteiger partial charge in [-0.1, -0.05) is 6.07 Å². The molecule has 180 valence electrons. The predicted molar refractivity (Wildman–Crippen MR) is 128 cm³/mol. The number of benzene rings is 1. The van der Waals surface area contributed by atoms with Gasteiger partial charge in [0.25, 0.3) is 0 Å². The molecule has 0 saturated carbocycles. The molecule has 1 heterocycles. The van der Waals surface area contributed by atoms with Crippen LogP contribution < -0.4 is 21.1 Å². The van der Waals surface area contributed by atoms with Gasteiger partial charge in [0.2, 0.25) is 5.88 Å². The van der Waals surface area contributed by atoms with Crippen LogP contribution in [-0.4, -0.2) is 55.9 Å². The number of likely N-dealkylation sites (N-methyl/N-ethyl adjacent to an activating group) is 1. The average Bonchev–Trinajstić information content (AvgIpc) is 3.44. The van der Waals surface area contributed by atoms with Crippen LogP contribution in [0.4, 0.5) is 10.5 Å². The lowest BCUT2D eigenvalue weighted by Gasteiger charge is -2.27. The predicted octanol–water partition coefficient (Wildman–Crippen LogP) is 1.58. The second-order valence-electron chi connectivity index (χ2n) is 8.45. The molecule has 1 unspecified atom stereocenters. The Kier molecular flexibility index (Phi) is 7.32. The standard InChI is InChI=1S/C22H32N6O4S/c1-25-8-9-31-16-12-26-21(32-13-16)19(11-23)33(24,30)28-22(29)27-20-17-6-2-4-14(17)10-15-5-3-7-18(15)20/h10-11,16,23,25-26H,2-9,12-13H2,1H3,(H3,24,27,28,29,30)/b21-19-,23-11?/t16-,33?/m0/s1. The number of urea groups is 1. The number of allylic oxidation sites excluding steroid dienone is 1. The van der Waals surface area contributed by atoms with Crippen LogP contribution in [0.5, 0.6) is 0 Å². The average molecular weight is 477 g/mol. The van der Waals surface area contributed by atoms with E-state index in [1.165, 1.54) is 11.1 Å². The Morgan fingerprint density at radius 1 is 1.33 bits per heavy atom. The number of anilines is 1. The third-order valence-electron chi connectivity index (χ3n) is 6.20. The Morgan fingerprint density at radius 3 is 2.61 bits per heavy atom. The van der Waals surface area contributed by atoms with Gasteiger partial charge in [0.05, 0.1) is 6.61 Å². The molecular formula is C22H32N6O4S. The van der Waals surface area contributed by atoms with Crippen molar-refractivity contribution in [2.24, 2.45) is 9.50 Å². The minimum atomic E-state index is -3.70. The molecule has 10 nitrogen and oxygen atoms in total. The summed E-state index contributed by atoms with van der Waals surface area (Å²) < 4.78 is 28.2. The summed E-state index contributed by atoms with van der Waals surface area (Å²) in [6.45, 7) is 1.86. The monoisotopic (exact) mass is 476 g/mol. The van der Waals surface area contributed by atoms with Gasteiger partial charge >= 0.3 is 6.03 Å². The molecule has 0 spiro atoms. The summed E-state index contributed by atoms with van der Waals surface area (Å²) in [7, 11) is -1.86. The van der Waals surface area contributed by atoms with Gasteiger partial charge in [0.1, 0.15) is 17.6 Å². The highest BCUT2D eigenvalue weighted by atomic mass is 32.2. The SMILES string of the molecule is CNCCO[C@H]1CN/C(=C(\C=N)S(N)(=O)=NC(=O)Nc2c3c(cc4c2CCC4)CCC3)OC1. The molecule has 2 atom stereocenters. The maximum Gasteiger partial charge on any atom is 0.354 e. The lowest BCUT2D eigenvalue weighted by molar-refractivity contribution is -0.0208. The van der Waals surface area contributed by atoms with Gasteiger partial charge in [-0.15, -0.1) is 4.36 Å². The van der Waals surface area contributed by atoms with Crippen molar-refractivity contribution in [3.8, 4) is 0 Å². The Labute approximate surface area is 194 Å². The number of aryl methyl sites for hydroxylation is 2. The van der Waals surface area contributed by atoms with Crippen LogP contribution in [0.15, 0.2) is 21.2 Å². The zero-order valence-electron chi connectivity index (χ0n) is 18.9. The van der Waals surface area contributed by atoms with Crippen LogP contribution in [0.2, 0.25) is 0 Å². The fraction of sp³-hybridized carbons (Fsp3) is 0.545. The molecule has 11 heteroatoms. The first kappa shape index (κ1) is 23.7. The number of carbonyl (C=O) groups is 1. The van der Waals surface area contributed by atoms with Crippen molar-refractivity contribution in [3.05, 3.63) is 39.1 Å². The fourth-order valence-electron chi connectivity index (χ4n) is 4.64. The maximum absolute atomic E-state index is 13.2. The molecule has 1 aliphatic heterocycles. The number of amides is 2. The maximum atomic E-state index is 13.2. The summed E-state index contributed by atoms with van der Waals surface area (Å²) in [6, 6.07) is 1.49. The zero-order chi connectivity index (χ0) is 23.4. The van der Waals surface area contributed by atoms with Gasteiger partial charge in [-0.25, -0.2) is 14.1 Å². The molecule has 1 saturated heterocycles. The number of hydrogen-bond donors (Lipinski definition) is 5. The summed E-state index contributed by atoms with van der Waals surface area (Å²) in [6.07, 6.45) is 6.55. The zero-order valence-corrected chi connectivity index (χ0v) is 19.7. The number of fused-ring (bicyclic) bond motifs is 2. The van der Waals surface area contributed by atoms with E-state index in [0.717, 1.165) is 61.6 Å². The lowest BCUT2D eigenvalue weighted by Crippen LogP contribution is -2.41. The normalized spacial score (nSPS) is 22.3. The first-order valence-electron chi connectivity index (χ1n) is 11.3. The van der Waals surface area contributed by atoms with E-state index in [1.54, 1.807) is 0 Å². The molecule has 0 aromatic heterocycles. The number of nitrogens with two attached hydrogens (primary N) is 1. The van der Waals surface area contributed by atoms with Gasteiger partial charge in [0, 0.05) is 25.0 Å². The lowest BCUT2D eigenvalue weighted by atomic mass is 9.99. The van der Waals surface area contributed by atoms with Gasteiger partial charge in [0.15, 0.2) is 9.92 Å². The second-order valence-corrected chi connectivity index (χ2v) is 10.2. The smallest absolute Gasteiger partial charge is 0.354 e. The number of ether oxygens (including phenoxy) is 2. The van der Waals surface area contributed by atoms with Crippen molar-refractivity contribution in [2.75, 3.05) is 38.7 Å². The first-order chi connectivity index (χ1) is 15.9. The second kappa shape index (κ2) is 10.2. The molecule has 1 aromatic carbocycles. The number of nitrogens with one attached hydrogen (secondary N) is 4. The summed E-state index contributed by atoms with van der Waals surface area (Å²) in [5.41, 5.74) is 5.64. The van der Waals surface area contributed by atoms with Crippen LogP contribution in [0, 0.1) is 5.41 Å². The van der Waals surface area contributed by atoms with E-state index in [2.05, 4.69) is 26.4 Å². The molecule has 1 aromatic rings. The molecule has 33 heavy (non-hydrogen) atoms. The van der Waals surface area contributed by atoms with Gasteiger partial charge in [-0.2, -0.15) is 0 Å². The Bertz CT molecular complexity index is 1050. The number of carbonyl (C=O) groups excluding carboxylic acids is 1. The number of nitrogens with zero attached hydrogens (tertiary/aromatic N) is 1. The van der Waals surface area contributed by atoms with Crippen LogP contribution in [0.25, 0.3) is 0 Å². The highest BCUT2D eigenvalue weighted by Crippen LogP contribution is 2.38. The molecule has 2 aliphatic carbocycles. The van der Waals surface area contributed by atoms with E-state index in [-0.39, 0.29) is 23.5 Å². The first-order valence-corrected chi connectivity index (χ1v) is 12.9. The molecule has 3 aliphatic rings. The molecule has 0 bridgehead atoms. The minimum absolute atomic E-state index is 0.0870. The van der Waals surface area contributed by atoms with Crippen LogP contribution in [-0.2, 0) is 45.1 Å². The molecule has 2 amide bonds. The van der Waals surface area contributed by atoms with Crippen LogP contribution in [0.1, 0.15) is 35.1 Å². The van der Waals surface area contributed by atoms with E-state index >= 15 is 0 Å². The number of rotatable bonds is 7. The van der Waals surface area contributed by atoms with Gasteiger partial charge in [-0.3, -0.25) is 0 Å². The van der Waals surface area contributed by atoms with Crippen LogP contribution in [0.3, 0.4) is 0 Å². The Morgan fingerprint density at radius 2 is 2.03 bits per heavy atom. The summed E-state index contributed by atoms with van der Waals surface area (Å²) in [5, 5.41) is 22.5.